The number of alkyl halides is 2. The molecule has 0 spiro atoms. The number of aromatic nitrogens is 1. The molecule has 2 amide bonds. The number of amides is 2. The fourth-order valence-electron chi connectivity index (χ4n) is 4.86. The first-order valence-electron chi connectivity index (χ1n) is 13.2. The highest BCUT2D eigenvalue weighted by atomic mass is 19.3. The molecule has 4 rings (SSSR count). The van der Waals surface area contributed by atoms with Crippen LogP contribution in [0.1, 0.15) is 55.1 Å². The van der Waals surface area contributed by atoms with Crippen molar-refractivity contribution in [2.24, 2.45) is 0 Å². The SMILES string of the molecule is CC(C)OC(=O)N1CCC=C(c2cc(NC(=O)c3c[nH]c(=O)cc3C(F)F)c(N3CCN(C)[C@H](C)C3)cc2F)C1. The lowest BCUT2D eigenvalue weighted by atomic mass is 9.98. The lowest BCUT2D eigenvalue weighted by Gasteiger charge is -2.40. The molecule has 0 unspecified atom stereocenters. The third-order valence-corrected chi connectivity index (χ3v) is 7.16. The normalized spacial score (nSPS) is 18.2. The second-order valence-electron chi connectivity index (χ2n) is 10.4. The van der Waals surface area contributed by atoms with Gasteiger partial charge >= 0.3 is 6.09 Å². The van der Waals surface area contributed by atoms with Crippen LogP contribution in [0.2, 0.25) is 0 Å². The second-order valence-corrected chi connectivity index (χ2v) is 10.4. The van der Waals surface area contributed by atoms with E-state index in [9.17, 15) is 23.2 Å². The number of hydrogen-bond donors (Lipinski definition) is 2. The Morgan fingerprint density at radius 1 is 1.15 bits per heavy atom. The molecule has 1 aromatic heterocycles. The summed E-state index contributed by atoms with van der Waals surface area (Å²) in [6.07, 6.45) is -0.599. The van der Waals surface area contributed by atoms with Gasteiger partial charge in [-0.3, -0.25) is 9.59 Å². The monoisotopic (exact) mass is 561 g/mol. The summed E-state index contributed by atoms with van der Waals surface area (Å²) in [4.78, 5) is 45.2. The summed E-state index contributed by atoms with van der Waals surface area (Å²) in [5.41, 5.74) is -0.495. The van der Waals surface area contributed by atoms with E-state index in [0.717, 1.165) is 6.20 Å². The van der Waals surface area contributed by atoms with Crippen molar-refractivity contribution < 1.29 is 27.5 Å². The fraction of sp³-hybridized carbons (Fsp3) is 0.464. The number of pyridine rings is 1. The first-order valence-corrected chi connectivity index (χ1v) is 13.2. The van der Waals surface area contributed by atoms with Gasteiger partial charge < -0.3 is 29.7 Å². The largest absolute Gasteiger partial charge is 0.447 e. The third kappa shape index (κ3) is 6.49. The quantitative estimate of drug-likeness (QED) is 0.540. The van der Waals surface area contributed by atoms with Crippen molar-refractivity contribution in [1.29, 1.82) is 0 Å². The molecule has 0 aliphatic carbocycles. The molecule has 1 atom stereocenters. The zero-order valence-electron chi connectivity index (χ0n) is 23.0. The molecular weight excluding hydrogens is 527 g/mol. The van der Waals surface area contributed by atoms with E-state index < -0.39 is 40.9 Å². The number of rotatable bonds is 6. The molecule has 0 saturated carbocycles. The smallest absolute Gasteiger partial charge is 0.410 e. The minimum absolute atomic E-state index is 0.107. The number of hydrogen-bond acceptors (Lipinski definition) is 6. The van der Waals surface area contributed by atoms with E-state index in [1.165, 1.54) is 17.0 Å². The number of carbonyl (C=O) groups excluding carboxylic acids is 2. The Hall–Kier alpha value is -3.80. The number of aromatic amines is 1. The Bertz CT molecular complexity index is 1360. The number of anilines is 2. The van der Waals surface area contributed by atoms with Crippen LogP contribution in [0.15, 0.2) is 35.3 Å². The van der Waals surface area contributed by atoms with E-state index >= 15 is 4.39 Å². The van der Waals surface area contributed by atoms with Crippen LogP contribution < -0.4 is 15.8 Å². The van der Waals surface area contributed by atoms with E-state index in [0.29, 0.717) is 49.9 Å². The third-order valence-electron chi connectivity index (χ3n) is 7.16. The molecule has 0 radical (unpaired) electrons. The molecule has 40 heavy (non-hydrogen) atoms. The van der Waals surface area contributed by atoms with Crippen molar-refractivity contribution in [3.05, 3.63) is 63.3 Å². The van der Waals surface area contributed by atoms with E-state index in [1.807, 2.05) is 24.9 Å². The van der Waals surface area contributed by atoms with Crippen molar-refractivity contribution in [1.82, 2.24) is 14.8 Å². The zero-order valence-corrected chi connectivity index (χ0v) is 23.0. The standard InChI is InChI=1S/C28H34F3N5O4/c1-16(2)40-28(39)36-7-5-6-18(15-36)19-10-23(24(12-22(19)29)35-9-8-34(4)17(3)14-35)33-27(38)21-13-32-25(37)11-20(21)26(30)31/h6,10-13,16-17,26H,5,7-9,14-15H2,1-4H3,(H,32,37)(H,33,38)/t17-/m1/s1. The fourth-order valence-corrected chi connectivity index (χ4v) is 4.86. The Morgan fingerprint density at radius 2 is 1.90 bits per heavy atom. The molecule has 12 heteroatoms. The number of halogens is 3. The minimum atomic E-state index is -3.05. The van der Waals surface area contributed by atoms with Crippen molar-refractivity contribution in [2.75, 3.05) is 50.0 Å². The number of H-pyrrole nitrogens is 1. The minimum Gasteiger partial charge on any atom is -0.447 e. The summed E-state index contributed by atoms with van der Waals surface area (Å²) in [7, 11) is 1.99. The van der Waals surface area contributed by atoms with Crippen LogP contribution in [-0.2, 0) is 4.74 Å². The first kappa shape index (κ1) is 29.2. The van der Waals surface area contributed by atoms with Crippen LogP contribution in [-0.4, -0.2) is 78.7 Å². The Morgan fingerprint density at radius 3 is 2.58 bits per heavy atom. The number of nitrogens with one attached hydrogen (secondary N) is 2. The highest BCUT2D eigenvalue weighted by molar-refractivity contribution is 6.07. The van der Waals surface area contributed by atoms with Crippen molar-refractivity contribution in [3.63, 3.8) is 0 Å². The summed E-state index contributed by atoms with van der Waals surface area (Å²) in [6, 6.07) is 3.64. The van der Waals surface area contributed by atoms with E-state index in [4.69, 9.17) is 4.74 Å². The van der Waals surface area contributed by atoms with Gasteiger partial charge in [0.25, 0.3) is 12.3 Å². The molecule has 1 aromatic carbocycles. The van der Waals surface area contributed by atoms with Crippen molar-refractivity contribution in [3.8, 4) is 0 Å². The van der Waals surface area contributed by atoms with Crippen LogP contribution in [0.4, 0.5) is 29.3 Å². The predicted octanol–water partition coefficient (Wildman–Crippen LogP) is 4.48. The molecule has 0 bridgehead atoms. The van der Waals surface area contributed by atoms with Gasteiger partial charge in [-0.1, -0.05) is 6.08 Å². The van der Waals surface area contributed by atoms with E-state index in [1.54, 1.807) is 13.8 Å². The molecule has 1 saturated heterocycles. The molecule has 3 heterocycles. The first-order chi connectivity index (χ1) is 18.9. The number of nitrogens with zero attached hydrogens (tertiary/aromatic N) is 3. The maximum Gasteiger partial charge on any atom is 0.410 e. The molecular formula is C28H34F3N5O4. The van der Waals surface area contributed by atoms with Crippen LogP contribution >= 0.6 is 0 Å². The maximum atomic E-state index is 15.7. The van der Waals surface area contributed by atoms with Gasteiger partial charge in [-0.25, -0.2) is 18.0 Å². The van der Waals surface area contributed by atoms with Crippen molar-refractivity contribution >= 4 is 28.9 Å². The van der Waals surface area contributed by atoms with Gasteiger partial charge in [0.15, 0.2) is 0 Å². The van der Waals surface area contributed by atoms with Gasteiger partial charge in [0.05, 0.1) is 23.0 Å². The van der Waals surface area contributed by atoms with Gasteiger partial charge in [-0.05, 0) is 51.9 Å². The summed E-state index contributed by atoms with van der Waals surface area (Å²) >= 11 is 0. The van der Waals surface area contributed by atoms with Gasteiger partial charge in [0.2, 0.25) is 5.56 Å². The summed E-state index contributed by atoms with van der Waals surface area (Å²) < 4.78 is 48.3. The highest BCUT2D eigenvalue weighted by Crippen LogP contribution is 2.35. The molecule has 1 fully saturated rings. The highest BCUT2D eigenvalue weighted by Gasteiger charge is 2.28. The second kappa shape index (κ2) is 12.2. The topological polar surface area (TPSA) is 98.0 Å². The van der Waals surface area contributed by atoms with Crippen LogP contribution in [0.25, 0.3) is 5.57 Å². The lowest BCUT2D eigenvalue weighted by molar-refractivity contribution is 0.0802. The molecule has 2 aliphatic heterocycles. The molecule has 9 nitrogen and oxygen atoms in total. The Balaban J connectivity index is 1.72. The summed E-state index contributed by atoms with van der Waals surface area (Å²) in [6.45, 7) is 7.85. The summed E-state index contributed by atoms with van der Waals surface area (Å²) in [5, 5.41) is 2.68. The van der Waals surface area contributed by atoms with Gasteiger partial charge in [-0.15, -0.1) is 0 Å². The average molecular weight is 562 g/mol. The van der Waals surface area contributed by atoms with E-state index in [-0.39, 0.29) is 29.9 Å². The lowest BCUT2D eigenvalue weighted by Crippen LogP contribution is -2.50. The van der Waals surface area contributed by atoms with Crippen LogP contribution in [0, 0.1) is 5.82 Å². The number of benzene rings is 1. The van der Waals surface area contributed by atoms with Crippen molar-refractivity contribution in [2.45, 2.75) is 45.8 Å². The molecule has 216 valence electrons. The van der Waals surface area contributed by atoms with Crippen LogP contribution in [0.3, 0.4) is 0 Å². The Kier molecular flexibility index (Phi) is 8.87. The predicted molar refractivity (Wildman–Crippen MR) is 146 cm³/mol. The molecule has 2 aromatic rings. The number of piperazine rings is 1. The number of likely N-dealkylation sites (N-methyl/N-ethyl adjacent to an activating group) is 1. The zero-order chi connectivity index (χ0) is 29.1. The maximum absolute atomic E-state index is 15.7. The van der Waals surface area contributed by atoms with E-state index in [2.05, 4.69) is 15.2 Å². The van der Waals surface area contributed by atoms with Gasteiger partial charge in [-0.2, -0.15) is 0 Å². The van der Waals surface area contributed by atoms with Gasteiger partial charge in [0.1, 0.15) is 5.82 Å². The number of ether oxygens (including phenoxy) is 1. The summed E-state index contributed by atoms with van der Waals surface area (Å²) in [5.74, 6) is -1.41. The molecule has 2 aliphatic rings. The number of carbonyl (C=O) groups is 2. The van der Waals surface area contributed by atoms with Crippen LogP contribution in [0.5, 0.6) is 0 Å². The van der Waals surface area contributed by atoms with Gasteiger partial charge in [0, 0.05) is 62.2 Å². The molecule has 2 N–H and O–H groups in total. The Labute approximate surface area is 230 Å². The average Bonchev–Trinajstić information content (AvgIpc) is 2.90.